The van der Waals surface area contributed by atoms with Crippen molar-refractivity contribution in [3.8, 4) is 6.07 Å². The van der Waals surface area contributed by atoms with Crippen molar-refractivity contribution >= 4 is 11.4 Å². The zero-order valence-electron chi connectivity index (χ0n) is 8.85. The van der Waals surface area contributed by atoms with Crippen molar-refractivity contribution < 1.29 is 0 Å². The standard InChI is InChI=1S/C14H12N2/c15-11-10-12-6-4-5-9-14(12)16-13-7-2-1-3-8-13/h1-9,16H,10H2. The number of para-hydroxylation sites is 2. The fraction of sp³-hybridized carbons (Fsp3) is 0.0714. The molecule has 0 aliphatic carbocycles. The molecule has 2 aromatic rings. The predicted molar refractivity (Wildman–Crippen MR) is 65.5 cm³/mol. The molecule has 0 saturated heterocycles. The molecule has 16 heavy (non-hydrogen) atoms. The fourth-order valence-corrected chi connectivity index (χ4v) is 1.56. The van der Waals surface area contributed by atoms with E-state index in [9.17, 15) is 0 Å². The lowest BCUT2D eigenvalue weighted by molar-refractivity contribution is 1.26. The molecule has 0 saturated carbocycles. The molecule has 0 aliphatic heterocycles. The largest absolute Gasteiger partial charge is 0.355 e. The summed E-state index contributed by atoms with van der Waals surface area (Å²) < 4.78 is 0. The van der Waals surface area contributed by atoms with E-state index in [4.69, 9.17) is 5.26 Å². The Labute approximate surface area is 95.2 Å². The van der Waals surface area contributed by atoms with E-state index in [-0.39, 0.29) is 0 Å². The maximum absolute atomic E-state index is 8.73. The Morgan fingerprint density at radius 1 is 0.938 bits per heavy atom. The van der Waals surface area contributed by atoms with Gasteiger partial charge in [-0.3, -0.25) is 0 Å². The highest BCUT2D eigenvalue weighted by atomic mass is 14.9. The molecule has 0 atom stereocenters. The molecule has 0 bridgehead atoms. The molecule has 0 heterocycles. The van der Waals surface area contributed by atoms with Gasteiger partial charge in [0, 0.05) is 11.4 Å². The SMILES string of the molecule is N#CCc1ccccc1Nc1ccccc1. The first-order valence-electron chi connectivity index (χ1n) is 5.17. The van der Waals surface area contributed by atoms with Gasteiger partial charge in [0.1, 0.15) is 0 Å². The Balaban J connectivity index is 2.25. The van der Waals surface area contributed by atoms with Crippen molar-refractivity contribution in [1.82, 2.24) is 0 Å². The minimum Gasteiger partial charge on any atom is -0.355 e. The van der Waals surface area contributed by atoms with Crippen molar-refractivity contribution in [2.75, 3.05) is 5.32 Å². The first-order chi connectivity index (χ1) is 7.90. The molecule has 0 aromatic heterocycles. The van der Waals surface area contributed by atoms with Gasteiger partial charge in [-0.15, -0.1) is 0 Å². The van der Waals surface area contributed by atoms with Gasteiger partial charge >= 0.3 is 0 Å². The summed E-state index contributed by atoms with van der Waals surface area (Å²) in [5.74, 6) is 0. The van der Waals surface area contributed by atoms with Crippen LogP contribution in [0.15, 0.2) is 54.6 Å². The smallest absolute Gasteiger partial charge is 0.0670 e. The van der Waals surface area contributed by atoms with Gasteiger partial charge in [0.15, 0.2) is 0 Å². The van der Waals surface area contributed by atoms with Crippen LogP contribution in [-0.2, 0) is 6.42 Å². The summed E-state index contributed by atoms with van der Waals surface area (Å²) in [6.07, 6.45) is 0.427. The average Bonchev–Trinajstić information content (AvgIpc) is 2.33. The molecular weight excluding hydrogens is 196 g/mol. The van der Waals surface area contributed by atoms with Crippen LogP contribution in [0.1, 0.15) is 5.56 Å². The predicted octanol–water partition coefficient (Wildman–Crippen LogP) is 3.50. The highest BCUT2D eigenvalue weighted by Gasteiger charge is 2.00. The number of nitriles is 1. The van der Waals surface area contributed by atoms with Gasteiger partial charge in [-0.05, 0) is 23.8 Å². The fourth-order valence-electron chi connectivity index (χ4n) is 1.56. The minimum atomic E-state index is 0.427. The van der Waals surface area contributed by atoms with Gasteiger partial charge in [-0.2, -0.15) is 5.26 Å². The number of hydrogen-bond acceptors (Lipinski definition) is 2. The average molecular weight is 208 g/mol. The van der Waals surface area contributed by atoms with E-state index in [1.165, 1.54) is 0 Å². The number of rotatable bonds is 3. The highest BCUT2D eigenvalue weighted by molar-refractivity contribution is 5.63. The van der Waals surface area contributed by atoms with Gasteiger partial charge in [-0.1, -0.05) is 36.4 Å². The number of hydrogen-bond donors (Lipinski definition) is 1. The van der Waals surface area contributed by atoms with E-state index < -0.39 is 0 Å². The summed E-state index contributed by atoms with van der Waals surface area (Å²) in [5, 5.41) is 12.0. The van der Waals surface area contributed by atoms with Crippen LogP contribution in [0.4, 0.5) is 11.4 Å². The molecule has 2 aromatic carbocycles. The van der Waals surface area contributed by atoms with E-state index in [0.717, 1.165) is 16.9 Å². The highest BCUT2D eigenvalue weighted by Crippen LogP contribution is 2.20. The van der Waals surface area contributed by atoms with E-state index in [2.05, 4.69) is 11.4 Å². The Bertz CT molecular complexity index is 498. The summed E-state index contributed by atoms with van der Waals surface area (Å²) in [6.45, 7) is 0. The summed E-state index contributed by atoms with van der Waals surface area (Å²) in [5.41, 5.74) is 3.05. The molecule has 2 rings (SSSR count). The number of anilines is 2. The second kappa shape index (κ2) is 4.99. The molecule has 0 unspecified atom stereocenters. The van der Waals surface area contributed by atoms with Crippen molar-refractivity contribution in [3.63, 3.8) is 0 Å². The zero-order chi connectivity index (χ0) is 11.2. The van der Waals surface area contributed by atoms with Crippen molar-refractivity contribution in [2.24, 2.45) is 0 Å². The quantitative estimate of drug-likeness (QED) is 0.838. The third kappa shape index (κ3) is 2.40. The van der Waals surface area contributed by atoms with Crippen LogP contribution in [0.25, 0.3) is 0 Å². The van der Waals surface area contributed by atoms with E-state index in [1.807, 2.05) is 54.6 Å². The summed E-state index contributed by atoms with van der Waals surface area (Å²) in [4.78, 5) is 0. The Morgan fingerprint density at radius 3 is 2.38 bits per heavy atom. The van der Waals surface area contributed by atoms with Gasteiger partial charge in [0.2, 0.25) is 0 Å². The van der Waals surface area contributed by atoms with Crippen molar-refractivity contribution in [2.45, 2.75) is 6.42 Å². The molecule has 2 nitrogen and oxygen atoms in total. The molecule has 0 aliphatic rings. The maximum Gasteiger partial charge on any atom is 0.0670 e. The lowest BCUT2D eigenvalue weighted by Gasteiger charge is -2.09. The second-order valence-electron chi connectivity index (χ2n) is 3.48. The number of benzene rings is 2. The zero-order valence-corrected chi connectivity index (χ0v) is 8.85. The molecule has 1 N–H and O–H groups in total. The Kier molecular flexibility index (Phi) is 3.20. The molecule has 2 heteroatoms. The Morgan fingerprint density at radius 2 is 1.62 bits per heavy atom. The first kappa shape index (κ1) is 10.3. The third-order valence-electron chi connectivity index (χ3n) is 2.34. The van der Waals surface area contributed by atoms with Gasteiger partial charge < -0.3 is 5.32 Å². The van der Waals surface area contributed by atoms with Crippen LogP contribution in [-0.4, -0.2) is 0 Å². The van der Waals surface area contributed by atoms with Crippen LogP contribution in [0, 0.1) is 11.3 Å². The molecular formula is C14H12N2. The molecule has 0 spiro atoms. The van der Waals surface area contributed by atoms with Crippen molar-refractivity contribution in [1.29, 1.82) is 5.26 Å². The van der Waals surface area contributed by atoms with E-state index in [0.29, 0.717) is 6.42 Å². The number of nitrogens with zero attached hydrogens (tertiary/aromatic N) is 1. The van der Waals surface area contributed by atoms with Gasteiger partial charge in [0.05, 0.1) is 12.5 Å². The first-order valence-corrected chi connectivity index (χ1v) is 5.17. The van der Waals surface area contributed by atoms with Crippen molar-refractivity contribution in [3.05, 3.63) is 60.2 Å². The third-order valence-corrected chi connectivity index (χ3v) is 2.34. The number of nitrogens with one attached hydrogen (secondary N) is 1. The molecule has 0 fully saturated rings. The second-order valence-corrected chi connectivity index (χ2v) is 3.48. The normalized spacial score (nSPS) is 9.44. The van der Waals surface area contributed by atoms with Crippen LogP contribution in [0.5, 0.6) is 0 Å². The van der Waals surface area contributed by atoms with Gasteiger partial charge in [-0.25, -0.2) is 0 Å². The monoisotopic (exact) mass is 208 g/mol. The van der Waals surface area contributed by atoms with Crippen LogP contribution >= 0.6 is 0 Å². The summed E-state index contributed by atoms with van der Waals surface area (Å²) >= 11 is 0. The maximum atomic E-state index is 8.73. The Hall–Kier alpha value is -2.27. The molecule has 78 valence electrons. The van der Waals surface area contributed by atoms with Gasteiger partial charge in [0.25, 0.3) is 0 Å². The van der Waals surface area contributed by atoms with Crippen LogP contribution < -0.4 is 5.32 Å². The molecule has 0 radical (unpaired) electrons. The minimum absolute atomic E-state index is 0.427. The van der Waals surface area contributed by atoms with E-state index in [1.54, 1.807) is 0 Å². The van der Waals surface area contributed by atoms with Crippen LogP contribution in [0.3, 0.4) is 0 Å². The van der Waals surface area contributed by atoms with E-state index >= 15 is 0 Å². The lowest BCUT2D eigenvalue weighted by atomic mass is 10.1. The molecule has 0 amide bonds. The van der Waals surface area contributed by atoms with Crippen LogP contribution in [0.2, 0.25) is 0 Å². The summed E-state index contributed by atoms with van der Waals surface area (Å²) in [7, 11) is 0. The topological polar surface area (TPSA) is 35.8 Å². The lowest BCUT2D eigenvalue weighted by Crippen LogP contribution is -1.94. The summed E-state index contributed by atoms with van der Waals surface area (Å²) in [6, 6.07) is 20.0.